The second kappa shape index (κ2) is 4.12. The standard InChI is InChI=1S/C14H22S2/c1-3-9-7-8-10-4-2-6-12-14(10)13(9)11(5-1)15-16-12/h9-14H,1-8H2. The lowest BCUT2D eigenvalue weighted by Crippen LogP contribution is -2.50. The second-order valence-electron chi connectivity index (χ2n) is 6.38. The molecule has 0 N–H and O–H groups in total. The zero-order chi connectivity index (χ0) is 10.5. The van der Waals surface area contributed by atoms with Crippen LogP contribution in [0.3, 0.4) is 0 Å². The van der Waals surface area contributed by atoms with Gasteiger partial charge in [-0.05, 0) is 49.4 Å². The van der Waals surface area contributed by atoms with Crippen molar-refractivity contribution in [2.45, 2.75) is 61.9 Å². The molecule has 4 aliphatic rings. The average Bonchev–Trinajstić information content (AvgIpc) is 2.36. The van der Waals surface area contributed by atoms with Crippen LogP contribution in [0.5, 0.6) is 0 Å². The van der Waals surface area contributed by atoms with E-state index in [1.165, 1.54) is 25.7 Å². The Hall–Kier alpha value is 0.700. The first-order chi connectivity index (χ1) is 7.93. The number of hydrogen-bond acceptors (Lipinski definition) is 2. The Kier molecular flexibility index (Phi) is 2.73. The fourth-order valence-electron chi connectivity index (χ4n) is 5.13. The van der Waals surface area contributed by atoms with Gasteiger partial charge in [-0.2, -0.15) is 0 Å². The molecule has 0 amide bonds. The summed E-state index contributed by atoms with van der Waals surface area (Å²) in [6.45, 7) is 0. The monoisotopic (exact) mass is 254 g/mol. The fraction of sp³-hybridized carbons (Fsp3) is 1.00. The van der Waals surface area contributed by atoms with Gasteiger partial charge in [0.2, 0.25) is 0 Å². The molecule has 4 fully saturated rings. The summed E-state index contributed by atoms with van der Waals surface area (Å²) in [6, 6.07) is 0. The van der Waals surface area contributed by atoms with Gasteiger partial charge in [-0.3, -0.25) is 0 Å². The van der Waals surface area contributed by atoms with Crippen LogP contribution < -0.4 is 0 Å². The summed E-state index contributed by atoms with van der Waals surface area (Å²) in [6.07, 6.45) is 12.4. The summed E-state index contributed by atoms with van der Waals surface area (Å²) in [5.74, 6) is 4.55. The molecule has 90 valence electrons. The van der Waals surface area contributed by atoms with E-state index in [1.807, 2.05) is 0 Å². The zero-order valence-electron chi connectivity index (χ0n) is 9.94. The van der Waals surface area contributed by atoms with Crippen LogP contribution >= 0.6 is 21.6 Å². The maximum Gasteiger partial charge on any atom is 0.0185 e. The fourth-order valence-corrected chi connectivity index (χ4v) is 9.21. The number of hydrogen-bond donors (Lipinski definition) is 0. The van der Waals surface area contributed by atoms with E-state index in [2.05, 4.69) is 21.6 Å². The lowest BCUT2D eigenvalue weighted by Gasteiger charge is -2.56. The van der Waals surface area contributed by atoms with E-state index in [-0.39, 0.29) is 0 Å². The first-order valence-corrected chi connectivity index (χ1v) is 9.53. The average molecular weight is 254 g/mol. The SMILES string of the molecule is C1CC2CCC3CCCC4SSC(C1)C2C34. The minimum atomic E-state index is 1.05. The van der Waals surface area contributed by atoms with E-state index in [4.69, 9.17) is 0 Å². The van der Waals surface area contributed by atoms with Crippen molar-refractivity contribution in [1.29, 1.82) is 0 Å². The van der Waals surface area contributed by atoms with Gasteiger partial charge in [0.05, 0.1) is 0 Å². The molecule has 1 saturated heterocycles. The van der Waals surface area contributed by atoms with Crippen LogP contribution in [-0.2, 0) is 0 Å². The van der Waals surface area contributed by atoms with Crippen LogP contribution in [0.25, 0.3) is 0 Å². The van der Waals surface area contributed by atoms with Crippen molar-refractivity contribution >= 4 is 21.6 Å². The van der Waals surface area contributed by atoms with Crippen LogP contribution in [-0.4, -0.2) is 10.5 Å². The predicted octanol–water partition coefficient (Wildman–Crippen LogP) is 4.75. The smallest absolute Gasteiger partial charge is 0.0185 e. The molecule has 4 rings (SSSR count). The third-order valence-electron chi connectivity index (χ3n) is 5.73. The van der Waals surface area contributed by atoms with Gasteiger partial charge >= 0.3 is 0 Å². The third-order valence-corrected chi connectivity index (χ3v) is 9.25. The molecular formula is C14H22S2. The summed E-state index contributed by atoms with van der Waals surface area (Å²) in [7, 11) is 4.58. The minimum absolute atomic E-state index is 1.05. The highest BCUT2D eigenvalue weighted by molar-refractivity contribution is 8.77. The van der Waals surface area contributed by atoms with Crippen molar-refractivity contribution in [2.24, 2.45) is 23.7 Å². The van der Waals surface area contributed by atoms with Crippen molar-refractivity contribution in [2.75, 3.05) is 0 Å². The topological polar surface area (TPSA) is 0 Å². The van der Waals surface area contributed by atoms with Crippen LogP contribution in [0.15, 0.2) is 0 Å². The lowest BCUT2D eigenvalue weighted by molar-refractivity contribution is 0.0355. The van der Waals surface area contributed by atoms with Crippen molar-refractivity contribution in [3.05, 3.63) is 0 Å². The third kappa shape index (κ3) is 1.51. The van der Waals surface area contributed by atoms with Crippen LogP contribution in [0.1, 0.15) is 51.4 Å². The Bertz CT molecular complexity index is 226. The first-order valence-electron chi connectivity index (χ1n) is 7.25. The molecule has 16 heavy (non-hydrogen) atoms. The maximum absolute atomic E-state index is 2.29. The Morgan fingerprint density at radius 1 is 0.562 bits per heavy atom. The molecule has 0 spiro atoms. The summed E-state index contributed by atoms with van der Waals surface area (Å²) in [4.78, 5) is 0. The minimum Gasteiger partial charge on any atom is -0.0901 e. The molecule has 0 aromatic rings. The zero-order valence-corrected chi connectivity index (χ0v) is 11.6. The molecule has 0 aromatic heterocycles. The van der Waals surface area contributed by atoms with E-state index in [1.54, 1.807) is 25.7 Å². The molecule has 0 bridgehead atoms. The van der Waals surface area contributed by atoms with Crippen molar-refractivity contribution in [3.8, 4) is 0 Å². The molecule has 6 unspecified atom stereocenters. The summed E-state index contributed by atoms with van der Waals surface area (Å²) >= 11 is 0. The van der Waals surface area contributed by atoms with E-state index in [0.29, 0.717) is 0 Å². The van der Waals surface area contributed by atoms with Crippen molar-refractivity contribution in [1.82, 2.24) is 0 Å². The predicted molar refractivity (Wildman–Crippen MR) is 73.7 cm³/mol. The summed E-state index contributed by atoms with van der Waals surface area (Å²) in [5, 5.41) is 2.09. The van der Waals surface area contributed by atoms with Crippen LogP contribution in [0.2, 0.25) is 0 Å². The van der Waals surface area contributed by atoms with Gasteiger partial charge in [-0.1, -0.05) is 47.3 Å². The Labute approximate surface area is 107 Å². The molecule has 0 radical (unpaired) electrons. The second-order valence-corrected chi connectivity index (χ2v) is 9.13. The Morgan fingerprint density at radius 3 is 1.56 bits per heavy atom. The summed E-state index contributed by atoms with van der Waals surface area (Å²) < 4.78 is 0. The first kappa shape index (κ1) is 10.6. The van der Waals surface area contributed by atoms with Crippen LogP contribution in [0.4, 0.5) is 0 Å². The molecular weight excluding hydrogens is 232 g/mol. The molecule has 1 aliphatic heterocycles. The largest absolute Gasteiger partial charge is 0.0901 e. The number of rotatable bonds is 0. The quantitative estimate of drug-likeness (QED) is 0.572. The molecule has 6 atom stereocenters. The highest BCUT2D eigenvalue weighted by atomic mass is 33.1. The maximum atomic E-state index is 2.29. The Morgan fingerprint density at radius 2 is 1.06 bits per heavy atom. The molecule has 3 aliphatic carbocycles. The van der Waals surface area contributed by atoms with Gasteiger partial charge in [-0.25, -0.2) is 0 Å². The van der Waals surface area contributed by atoms with Gasteiger partial charge in [0.25, 0.3) is 0 Å². The molecule has 1 heterocycles. The van der Waals surface area contributed by atoms with Gasteiger partial charge in [0.15, 0.2) is 0 Å². The van der Waals surface area contributed by atoms with Crippen molar-refractivity contribution in [3.63, 3.8) is 0 Å². The van der Waals surface area contributed by atoms with Gasteiger partial charge in [0, 0.05) is 10.5 Å². The summed E-state index contributed by atoms with van der Waals surface area (Å²) in [5.41, 5.74) is 0. The molecule has 3 saturated carbocycles. The van der Waals surface area contributed by atoms with Crippen LogP contribution in [0, 0.1) is 23.7 Å². The molecule has 0 nitrogen and oxygen atoms in total. The lowest BCUT2D eigenvalue weighted by atomic mass is 9.57. The van der Waals surface area contributed by atoms with E-state index in [0.717, 1.165) is 34.2 Å². The molecule has 2 heteroatoms. The Balaban J connectivity index is 1.67. The van der Waals surface area contributed by atoms with Gasteiger partial charge in [0.1, 0.15) is 0 Å². The van der Waals surface area contributed by atoms with E-state index in [9.17, 15) is 0 Å². The van der Waals surface area contributed by atoms with Crippen molar-refractivity contribution < 1.29 is 0 Å². The highest BCUT2D eigenvalue weighted by Crippen LogP contribution is 2.62. The van der Waals surface area contributed by atoms with Gasteiger partial charge < -0.3 is 0 Å². The van der Waals surface area contributed by atoms with Gasteiger partial charge in [-0.15, -0.1) is 0 Å². The van der Waals surface area contributed by atoms with E-state index >= 15 is 0 Å². The van der Waals surface area contributed by atoms with E-state index < -0.39 is 0 Å². The molecule has 0 aromatic carbocycles. The normalized spacial score (nSPS) is 55.5. The highest BCUT2D eigenvalue weighted by Gasteiger charge is 2.51.